The van der Waals surface area contributed by atoms with Gasteiger partial charge in [-0.25, -0.2) is 4.98 Å². The lowest BCUT2D eigenvalue weighted by Gasteiger charge is -2.13. The number of hydrogen-bond donors (Lipinski definition) is 1. The number of nitrogen functional groups attached to an aromatic ring is 1. The Morgan fingerprint density at radius 3 is 2.45 bits per heavy atom. The van der Waals surface area contributed by atoms with Gasteiger partial charge in [0.25, 0.3) is 0 Å². The average molecular weight is 386 g/mol. The van der Waals surface area contributed by atoms with E-state index in [1.54, 1.807) is 7.11 Å². The van der Waals surface area contributed by atoms with Gasteiger partial charge in [-0.15, -0.1) is 0 Å². The predicted molar refractivity (Wildman–Crippen MR) is 117 cm³/mol. The molecule has 4 rings (SSSR count). The van der Waals surface area contributed by atoms with Crippen molar-refractivity contribution >= 4 is 16.7 Å². The van der Waals surface area contributed by atoms with Crippen molar-refractivity contribution in [1.82, 2.24) is 14.5 Å². The van der Waals surface area contributed by atoms with E-state index >= 15 is 0 Å². The molecule has 0 atom stereocenters. The molecule has 0 radical (unpaired) electrons. The Morgan fingerprint density at radius 1 is 1.03 bits per heavy atom. The number of aryl methyl sites for hydroxylation is 2. The van der Waals surface area contributed by atoms with Gasteiger partial charge in [-0.2, -0.15) is 0 Å². The summed E-state index contributed by atoms with van der Waals surface area (Å²) in [5, 5.41) is 1.05. The number of nitrogens with two attached hydrogens (primary N) is 1. The number of fused-ring (bicyclic) bond motifs is 1. The van der Waals surface area contributed by atoms with Crippen LogP contribution in [0.3, 0.4) is 0 Å². The third-order valence-electron chi connectivity index (χ3n) is 5.69. The zero-order valence-electron chi connectivity index (χ0n) is 17.4. The maximum absolute atomic E-state index is 6.71. The third-order valence-corrected chi connectivity index (χ3v) is 5.69. The smallest absolute Gasteiger partial charge is 0.143 e. The van der Waals surface area contributed by atoms with Crippen molar-refractivity contribution in [1.29, 1.82) is 0 Å². The molecule has 0 saturated carbocycles. The van der Waals surface area contributed by atoms with Crippen LogP contribution in [0.25, 0.3) is 11.0 Å². The van der Waals surface area contributed by atoms with Crippen LogP contribution in [0.4, 0.5) is 5.69 Å². The van der Waals surface area contributed by atoms with Crippen LogP contribution in [-0.2, 0) is 13.0 Å². The van der Waals surface area contributed by atoms with Crippen molar-refractivity contribution in [3.63, 3.8) is 0 Å². The number of anilines is 1. The van der Waals surface area contributed by atoms with E-state index < -0.39 is 0 Å². The van der Waals surface area contributed by atoms with Gasteiger partial charge in [0.15, 0.2) is 0 Å². The van der Waals surface area contributed by atoms with E-state index in [0.29, 0.717) is 6.54 Å². The van der Waals surface area contributed by atoms with Gasteiger partial charge in [0.1, 0.15) is 11.4 Å². The fraction of sp³-hybridized carbons (Fsp3) is 0.250. The van der Waals surface area contributed by atoms with Gasteiger partial charge >= 0.3 is 0 Å². The summed E-state index contributed by atoms with van der Waals surface area (Å²) in [7, 11) is 1.68. The Hall–Kier alpha value is -3.34. The average Bonchev–Trinajstić information content (AvgIpc) is 2.97. The predicted octanol–water partition coefficient (Wildman–Crippen LogP) is 4.59. The van der Waals surface area contributed by atoms with E-state index in [4.69, 9.17) is 15.5 Å². The molecule has 0 unspecified atom stereocenters. The summed E-state index contributed by atoms with van der Waals surface area (Å²) in [6, 6.07) is 14.1. The van der Waals surface area contributed by atoms with E-state index in [9.17, 15) is 0 Å². The van der Waals surface area contributed by atoms with Gasteiger partial charge in [0.2, 0.25) is 0 Å². The van der Waals surface area contributed by atoms with Crippen LogP contribution in [0.1, 0.15) is 33.8 Å². The maximum Gasteiger partial charge on any atom is 0.143 e. The van der Waals surface area contributed by atoms with Crippen molar-refractivity contribution in [3.8, 4) is 5.75 Å². The second kappa shape index (κ2) is 7.59. The van der Waals surface area contributed by atoms with Gasteiger partial charge in [0, 0.05) is 40.6 Å². The number of aromatic nitrogens is 3. The zero-order valence-corrected chi connectivity index (χ0v) is 17.4. The highest BCUT2D eigenvalue weighted by Crippen LogP contribution is 2.34. The van der Waals surface area contributed by atoms with Crippen LogP contribution in [0, 0.1) is 20.8 Å². The number of pyridine rings is 2. The number of ether oxygens (including phenoxy) is 1. The van der Waals surface area contributed by atoms with Gasteiger partial charge < -0.3 is 15.0 Å². The molecule has 0 spiro atoms. The number of nitrogens with zero attached hydrogens (tertiary/aromatic N) is 3. The van der Waals surface area contributed by atoms with Gasteiger partial charge in [-0.05, 0) is 56.2 Å². The molecule has 3 heterocycles. The summed E-state index contributed by atoms with van der Waals surface area (Å²) < 4.78 is 7.48. The van der Waals surface area contributed by atoms with Crippen LogP contribution in [0.2, 0.25) is 0 Å². The van der Waals surface area contributed by atoms with Crippen LogP contribution in [-0.4, -0.2) is 21.6 Å². The van der Waals surface area contributed by atoms with E-state index in [1.807, 2.05) is 43.5 Å². The Kier molecular flexibility index (Phi) is 4.97. The molecule has 4 aromatic rings. The molecule has 3 aromatic heterocycles. The molecule has 148 valence electrons. The molecule has 0 fully saturated rings. The number of hydrogen-bond acceptors (Lipinski definition) is 4. The van der Waals surface area contributed by atoms with E-state index in [-0.39, 0.29) is 0 Å². The molecular weight excluding hydrogens is 360 g/mol. The fourth-order valence-electron chi connectivity index (χ4n) is 3.87. The Bertz CT molecular complexity index is 1160. The van der Waals surface area contributed by atoms with Crippen LogP contribution >= 0.6 is 0 Å². The molecule has 5 heteroatoms. The normalized spacial score (nSPS) is 11.2. The van der Waals surface area contributed by atoms with Crippen LogP contribution in [0.5, 0.6) is 5.75 Å². The Balaban J connectivity index is 1.79. The minimum atomic E-state index is 0.681. The first-order valence-corrected chi connectivity index (χ1v) is 9.76. The lowest BCUT2D eigenvalue weighted by Crippen LogP contribution is -2.07. The molecule has 5 nitrogen and oxygen atoms in total. The minimum Gasteiger partial charge on any atom is -0.497 e. The van der Waals surface area contributed by atoms with Gasteiger partial charge in [-0.3, -0.25) is 4.98 Å². The first-order chi connectivity index (χ1) is 14.0. The second-order valence-electron chi connectivity index (χ2n) is 7.43. The molecule has 29 heavy (non-hydrogen) atoms. The van der Waals surface area contributed by atoms with Gasteiger partial charge in [-0.1, -0.05) is 18.2 Å². The highest BCUT2D eigenvalue weighted by Gasteiger charge is 2.19. The number of rotatable bonds is 5. The fourth-order valence-corrected chi connectivity index (χ4v) is 3.87. The van der Waals surface area contributed by atoms with Crippen molar-refractivity contribution in [2.75, 3.05) is 12.8 Å². The summed E-state index contributed by atoms with van der Waals surface area (Å²) in [4.78, 5) is 9.45. The first-order valence-electron chi connectivity index (χ1n) is 9.76. The Labute approximate surface area is 171 Å². The van der Waals surface area contributed by atoms with Gasteiger partial charge in [0.05, 0.1) is 19.3 Å². The Morgan fingerprint density at radius 2 is 1.79 bits per heavy atom. The monoisotopic (exact) mass is 386 g/mol. The van der Waals surface area contributed by atoms with Crippen molar-refractivity contribution < 1.29 is 4.74 Å². The van der Waals surface area contributed by atoms with E-state index in [2.05, 4.69) is 35.5 Å². The molecule has 0 aliphatic rings. The van der Waals surface area contributed by atoms with Crippen molar-refractivity contribution in [2.24, 2.45) is 0 Å². The standard InChI is InChI=1S/C24H26N4O/c1-15-17(3)28(14-19-7-5-6-12-26-19)24-22(15)23(25)21(16(2)27-24)13-18-8-10-20(29-4)11-9-18/h5-12H,13-14H2,1-4H3,(H2,25,27). The maximum atomic E-state index is 6.71. The number of methoxy groups -OCH3 is 1. The van der Waals surface area contributed by atoms with E-state index in [0.717, 1.165) is 45.8 Å². The van der Waals surface area contributed by atoms with Crippen LogP contribution in [0.15, 0.2) is 48.7 Å². The largest absolute Gasteiger partial charge is 0.497 e. The molecule has 0 aliphatic heterocycles. The molecule has 0 amide bonds. The molecule has 0 aliphatic carbocycles. The molecular formula is C24H26N4O. The van der Waals surface area contributed by atoms with Crippen LogP contribution < -0.4 is 10.5 Å². The molecule has 1 aromatic carbocycles. The third kappa shape index (κ3) is 3.44. The zero-order chi connectivity index (χ0) is 20.5. The summed E-state index contributed by atoms with van der Waals surface area (Å²) in [6.07, 6.45) is 2.57. The highest BCUT2D eigenvalue weighted by atomic mass is 16.5. The quantitative estimate of drug-likeness (QED) is 0.545. The van der Waals surface area contributed by atoms with Crippen molar-refractivity contribution in [2.45, 2.75) is 33.7 Å². The highest BCUT2D eigenvalue weighted by molar-refractivity contribution is 5.95. The lowest BCUT2D eigenvalue weighted by molar-refractivity contribution is 0.414. The van der Waals surface area contributed by atoms with E-state index in [1.165, 1.54) is 16.8 Å². The second-order valence-corrected chi connectivity index (χ2v) is 7.43. The summed E-state index contributed by atoms with van der Waals surface area (Å²) in [5.74, 6) is 0.852. The summed E-state index contributed by atoms with van der Waals surface area (Å²) in [6.45, 7) is 6.97. The first kappa shape index (κ1) is 19.0. The molecule has 0 bridgehead atoms. The summed E-state index contributed by atoms with van der Waals surface area (Å²) in [5.41, 5.74) is 15.0. The lowest BCUT2D eigenvalue weighted by atomic mass is 9.99. The topological polar surface area (TPSA) is 66.0 Å². The SMILES string of the molecule is COc1ccc(Cc2c(C)nc3c(c(C)c(C)n3Cc3ccccn3)c2N)cc1. The summed E-state index contributed by atoms with van der Waals surface area (Å²) >= 11 is 0. The molecule has 0 saturated heterocycles. The molecule has 2 N–H and O–H groups in total. The number of benzene rings is 1. The van der Waals surface area contributed by atoms with Crippen molar-refractivity contribution in [3.05, 3.63) is 82.4 Å². The minimum absolute atomic E-state index is 0.681.